The van der Waals surface area contributed by atoms with E-state index >= 15 is 0 Å². The minimum Gasteiger partial charge on any atom is -0.391 e. The van der Waals surface area contributed by atoms with E-state index in [4.69, 9.17) is 11.6 Å². The average molecular weight is 262 g/mol. The predicted octanol–water partition coefficient (Wildman–Crippen LogP) is 1.30. The number of hydrogen-bond donors (Lipinski definition) is 1. The largest absolute Gasteiger partial charge is 0.391 e. The van der Waals surface area contributed by atoms with Crippen molar-refractivity contribution in [2.45, 2.75) is 18.6 Å². The molecule has 2 unspecified atom stereocenters. The molecule has 0 aliphatic carbocycles. The van der Waals surface area contributed by atoms with Crippen LogP contribution in [0.1, 0.15) is 6.42 Å². The summed E-state index contributed by atoms with van der Waals surface area (Å²) in [5, 5.41) is 13.0. The highest BCUT2D eigenvalue weighted by Crippen LogP contribution is 2.30. The second-order valence-electron chi connectivity index (χ2n) is 4.41. The molecule has 0 saturated carbocycles. The number of β-amino-alcohol motifs (C(OH)–C–C–N with tert-alkyl or cyclic N) is 1. The molecule has 0 radical (unpaired) electrons. The number of aromatic nitrogens is 1. The Morgan fingerprint density at radius 2 is 2.44 bits per heavy atom. The van der Waals surface area contributed by atoms with E-state index in [0.29, 0.717) is 17.7 Å². The van der Waals surface area contributed by atoms with Crippen LogP contribution in [0.3, 0.4) is 0 Å². The zero-order chi connectivity index (χ0) is 11.7. The molecule has 1 aromatic heterocycles. The van der Waals surface area contributed by atoms with Crippen LogP contribution in [0, 0.1) is 0 Å². The number of nitrogens with zero attached hydrogens (tertiary/aromatic N) is 3. The van der Waals surface area contributed by atoms with Gasteiger partial charge in [-0.3, -0.25) is 0 Å². The van der Waals surface area contributed by atoms with Crippen LogP contribution in [-0.4, -0.2) is 54.3 Å². The molecular weight excluding hydrogens is 246 g/mol. The molecule has 90 valence electrons. The number of halogens is 1. The molecule has 16 heavy (non-hydrogen) atoms. The molecule has 2 atom stereocenters. The van der Waals surface area contributed by atoms with Crippen molar-refractivity contribution in [3.8, 4) is 0 Å². The molecule has 1 aromatic rings. The highest BCUT2D eigenvalue weighted by molar-refractivity contribution is 7.14. The normalized spacial score (nSPS) is 25.7. The minimum absolute atomic E-state index is 0.257. The molecule has 1 fully saturated rings. The van der Waals surface area contributed by atoms with Crippen LogP contribution in [0.25, 0.3) is 0 Å². The van der Waals surface area contributed by atoms with Gasteiger partial charge in [-0.15, -0.1) is 11.3 Å². The van der Waals surface area contributed by atoms with Crippen molar-refractivity contribution in [1.29, 1.82) is 0 Å². The molecule has 6 heteroatoms. The second kappa shape index (κ2) is 4.87. The summed E-state index contributed by atoms with van der Waals surface area (Å²) in [5.41, 5.74) is 0. The Morgan fingerprint density at radius 3 is 3.00 bits per heavy atom. The van der Waals surface area contributed by atoms with Gasteiger partial charge < -0.3 is 14.9 Å². The zero-order valence-electron chi connectivity index (χ0n) is 9.43. The molecule has 0 spiro atoms. The molecule has 4 nitrogen and oxygen atoms in total. The van der Waals surface area contributed by atoms with E-state index in [9.17, 15) is 5.11 Å². The lowest BCUT2D eigenvalue weighted by Crippen LogP contribution is -2.37. The molecule has 2 heterocycles. The fraction of sp³-hybridized carbons (Fsp3) is 0.700. The number of hydrogen-bond acceptors (Lipinski definition) is 5. The van der Waals surface area contributed by atoms with E-state index < -0.39 is 0 Å². The number of likely N-dealkylation sites (N-methyl/N-ethyl adjacent to an activating group) is 1. The van der Waals surface area contributed by atoms with Gasteiger partial charge in [0.05, 0.1) is 6.10 Å². The van der Waals surface area contributed by atoms with Crippen molar-refractivity contribution >= 4 is 28.1 Å². The summed E-state index contributed by atoms with van der Waals surface area (Å²) in [5.74, 6) is 0. The third-order valence-corrected chi connectivity index (χ3v) is 3.88. The molecule has 1 N–H and O–H groups in total. The summed E-state index contributed by atoms with van der Waals surface area (Å²) >= 11 is 7.36. The van der Waals surface area contributed by atoms with Crippen LogP contribution in [-0.2, 0) is 0 Å². The summed E-state index contributed by atoms with van der Waals surface area (Å²) in [6, 6.07) is 0.326. The van der Waals surface area contributed by atoms with E-state index in [-0.39, 0.29) is 6.10 Å². The molecule has 0 amide bonds. The Bertz CT molecular complexity index is 358. The van der Waals surface area contributed by atoms with Gasteiger partial charge in [-0.25, -0.2) is 4.98 Å². The van der Waals surface area contributed by atoms with Gasteiger partial charge in [-0.05, 0) is 20.5 Å². The maximum absolute atomic E-state index is 9.73. The topological polar surface area (TPSA) is 39.6 Å². The Balaban J connectivity index is 2.12. The third-order valence-electron chi connectivity index (χ3n) is 2.68. The standard InChI is InChI=1S/C10H16ClN3OS/c1-13(2)4-7-3-8(15)5-14(7)10-12-9(11)6-16-10/h6-8,15H,3-5H2,1-2H3. The van der Waals surface area contributed by atoms with Crippen molar-refractivity contribution in [2.24, 2.45) is 0 Å². The summed E-state index contributed by atoms with van der Waals surface area (Å²) in [6.45, 7) is 1.58. The van der Waals surface area contributed by atoms with E-state index in [1.165, 1.54) is 11.3 Å². The highest BCUT2D eigenvalue weighted by Gasteiger charge is 2.32. The van der Waals surface area contributed by atoms with Crippen molar-refractivity contribution in [3.05, 3.63) is 10.5 Å². The Labute approximate surface area is 104 Å². The number of aliphatic hydroxyl groups is 1. The average Bonchev–Trinajstić information content (AvgIpc) is 2.72. The van der Waals surface area contributed by atoms with Gasteiger partial charge in [0.1, 0.15) is 5.15 Å². The van der Waals surface area contributed by atoms with Crippen LogP contribution in [0.4, 0.5) is 5.13 Å². The number of anilines is 1. The zero-order valence-corrected chi connectivity index (χ0v) is 11.0. The van der Waals surface area contributed by atoms with Crippen molar-refractivity contribution in [1.82, 2.24) is 9.88 Å². The summed E-state index contributed by atoms with van der Waals surface area (Å²) < 4.78 is 0. The Morgan fingerprint density at radius 1 is 1.69 bits per heavy atom. The molecule has 1 aliphatic rings. The van der Waals surface area contributed by atoms with Crippen LogP contribution in [0.5, 0.6) is 0 Å². The predicted molar refractivity (Wildman–Crippen MR) is 67.4 cm³/mol. The van der Waals surface area contributed by atoms with Crippen LogP contribution >= 0.6 is 22.9 Å². The van der Waals surface area contributed by atoms with Crippen LogP contribution in [0.15, 0.2) is 5.38 Å². The monoisotopic (exact) mass is 261 g/mol. The lowest BCUT2D eigenvalue weighted by molar-refractivity contribution is 0.191. The van der Waals surface area contributed by atoms with E-state index in [1.54, 1.807) is 0 Å². The molecule has 1 aliphatic heterocycles. The highest BCUT2D eigenvalue weighted by atomic mass is 35.5. The van der Waals surface area contributed by atoms with Crippen LogP contribution in [0.2, 0.25) is 5.15 Å². The van der Waals surface area contributed by atoms with E-state index in [0.717, 1.165) is 18.1 Å². The van der Waals surface area contributed by atoms with Gasteiger partial charge in [-0.2, -0.15) is 0 Å². The minimum atomic E-state index is -0.257. The molecule has 0 aromatic carbocycles. The van der Waals surface area contributed by atoms with E-state index in [2.05, 4.69) is 14.8 Å². The van der Waals surface area contributed by atoms with Gasteiger partial charge in [-0.1, -0.05) is 11.6 Å². The first-order valence-electron chi connectivity index (χ1n) is 5.26. The van der Waals surface area contributed by atoms with Gasteiger partial charge in [0.25, 0.3) is 0 Å². The quantitative estimate of drug-likeness (QED) is 0.890. The molecule has 2 rings (SSSR count). The molecule has 1 saturated heterocycles. The smallest absolute Gasteiger partial charge is 0.187 e. The second-order valence-corrected chi connectivity index (χ2v) is 5.63. The van der Waals surface area contributed by atoms with E-state index in [1.807, 2.05) is 19.5 Å². The third kappa shape index (κ3) is 2.66. The van der Waals surface area contributed by atoms with Gasteiger partial charge in [0.2, 0.25) is 0 Å². The molecule has 0 bridgehead atoms. The van der Waals surface area contributed by atoms with Gasteiger partial charge >= 0.3 is 0 Å². The lowest BCUT2D eigenvalue weighted by atomic mass is 10.2. The van der Waals surface area contributed by atoms with Crippen molar-refractivity contribution in [3.63, 3.8) is 0 Å². The first-order chi connectivity index (χ1) is 7.56. The number of rotatable bonds is 3. The Kier molecular flexibility index (Phi) is 3.69. The summed E-state index contributed by atoms with van der Waals surface area (Å²) in [4.78, 5) is 8.55. The SMILES string of the molecule is CN(C)CC1CC(O)CN1c1nc(Cl)cs1. The first-order valence-corrected chi connectivity index (χ1v) is 6.52. The van der Waals surface area contributed by atoms with Gasteiger partial charge in [0, 0.05) is 24.5 Å². The number of aliphatic hydroxyl groups excluding tert-OH is 1. The maximum atomic E-state index is 9.73. The van der Waals surface area contributed by atoms with Crippen molar-refractivity contribution < 1.29 is 5.11 Å². The number of thiazole rings is 1. The lowest BCUT2D eigenvalue weighted by Gasteiger charge is -2.26. The Hall–Kier alpha value is -0.360. The summed E-state index contributed by atoms with van der Waals surface area (Å²) in [6.07, 6.45) is 0.544. The molecular formula is C10H16ClN3OS. The maximum Gasteiger partial charge on any atom is 0.187 e. The fourth-order valence-electron chi connectivity index (χ4n) is 2.10. The van der Waals surface area contributed by atoms with Gasteiger partial charge in [0.15, 0.2) is 5.13 Å². The first kappa shape index (κ1) is 12.1. The van der Waals surface area contributed by atoms with Crippen molar-refractivity contribution in [2.75, 3.05) is 32.1 Å². The summed E-state index contributed by atoms with van der Waals surface area (Å²) in [7, 11) is 4.08. The van der Waals surface area contributed by atoms with Crippen LogP contribution < -0.4 is 4.90 Å². The fourth-order valence-corrected chi connectivity index (χ4v) is 3.13.